The highest BCUT2D eigenvalue weighted by atomic mass is 35.5. The molecule has 0 unspecified atom stereocenters. The quantitative estimate of drug-likeness (QED) is 0.479. The normalized spacial score (nSPS) is 19.6. The van der Waals surface area contributed by atoms with E-state index in [1.807, 2.05) is 18.2 Å². The largest absolute Gasteiger partial charge is 0.352 e. The van der Waals surface area contributed by atoms with Crippen molar-refractivity contribution in [2.45, 2.75) is 55.2 Å². The summed E-state index contributed by atoms with van der Waals surface area (Å²) < 4.78 is 28.4. The van der Waals surface area contributed by atoms with Gasteiger partial charge in [-0.3, -0.25) is 4.79 Å². The number of halogens is 1. The molecule has 1 N–H and O–H groups in total. The third-order valence-corrected chi connectivity index (χ3v) is 8.83. The van der Waals surface area contributed by atoms with Gasteiger partial charge in [-0.25, -0.2) is 8.42 Å². The molecule has 180 valence electrons. The number of sulfonamides is 1. The first-order chi connectivity index (χ1) is 15.6. The Balaban J connectivity index is 1.95. The van der Waals surface area contributed by atoms with Crippen molar-refractivity contribution in [2.24, 2.45) is 17.8 Å². The highest BCUT2D eigenvalue weighted by molar-refractivity contribution is 7.99. The van der Waals surface area contributed by atoms with Gasteiger partial charge in [0.25, 0.3) is 5.91 Å². The molecule has 0 bridgehead atoms. The van der Waals surface area contributed by atoms with Crippen molar-refractivity contribution in [2.75, 3.05) is 19.6 Å². The number of benzene rings is 2. The van der Waals surface area contributed by atoms with Crippen molar-refractivity contribution >= 4 is 39.3 Å². The summed E-state index contributed by atoms with van der Waals surface area (Å²) in [7, 11) is -3.69. The van der Waals surface area contributed by atoms with Crippen LogP contribution in [0.2, 0.25) is 5.02 Å². The average Bonchev–Trinajstić information content (AvgIpc) is 2.73. The summed E-state index contributed by atoms with van der Waals surface area (Å²) in [5, 5.41) is 3.56. The Morgan fingerprint density at radius 2 is 1.85 bits per heavy atom. The standard InChI is InChI=1S/C25H33ClN2O3S2/c1-17(2)10-11-27-25(29)23-14-22(33(30,31)28-15-18(3)12-19(4)16-28)8-9-24(23)32-21-7-5-6-20(26)13-21/h5-9,13-14,17-19H,10-12,15-16H2,1-4H3,(H,27,29)/t18-,19+. The van der Waals surface area contributed by atoms with Gasteiger partial charge in [0.2, 0.25) is 10.0 Å². The van der Waals surface area contributed by atoms with Gasteiger partial charge >= 0.3 is 0 Å². The lowest BCUT2D eigenvalue weighted by Crippen LogP contribution is -2.42. The first-order valence-electron chi connectivity index (χ1n) is 11.4. The van der Waals surface area contributed by atoms with E-state index < -0.39 is 10.0 Å². The number of piperidine rings is 1. The maximum absolute atomic E-state index is 13.4. The smallest absolute Gasteiger partial charge is 0.252 e. The molecule has 1 amide bonds. The summed E-state index contributed by atoms with van der Waals surface area (Å²) in [5.74, 6) is 0.804. The second kappa shape index (κ2) is 11.3. The Bertz CT molecular complexity index is 1080. The third kappa shape index (κ3) is 6.98. The van der Waals surface area contributed by atoms with Crippen molar-refractivity contribution in [3.8, 4) is 0 Å². The van der Waals surface area contributed by atoms with E-state index >= 15 is 0 Å². The Morgan fingerprint density at radius 1 is 1.15 bits per heavy atom. The molecule has 1 heterocycles. The van der Waals surface area contributed by atoms with Crippen LogP contribution in [0.5, 0.6) is 0 Å². The summed E-state index contributed by atoms with van der Waals surface area (Å²) in [6.07, 6.45) is 1.87. The maximum Gasteiger partial charge on any atom is 0.252 e. The molecule has 0 aliphatic carbocycles. The molecule has 1 aliphatic heterocycles. The predicted octanol–water partition coefficient (Wildman–Crippen LogP) is 5.93. The molecule has 0 aromatic heterocycles. The molecule has 1 saturated heterocycles. The van der Waals surface area contributed by atoms with Crippen molar-refractivity contribution in [1.29, 1.82) is 0 Å². The Labute approximate surface area is 207 Å². The zero-order valence-electron chi connectivity index (χ0n) is 19.7. The molecule has 5 nitrogen and oxygen atoms in total. The number of nitrogens with zero attached hydrogens (tertiary/aromatic N) is 1. The fraction of sp³-hybridized carbons (Fsp3) is 0.480. The highest BCUT2D eigenvalue weighted by Gasteiger charge is 2.32. The number of nitrogens with one attached hydrogen (secondary N) is 1. The molecule has 1 fully saturated rings. The van der Waals surface area contributed by atoms with Crippen molar-refractivity contribution in [3.63, 3.8) is 0 Å². The van der Waals surface area contributed by atoms with Gasteiger partial charge in [0, 0.05) is 34.4 Å². The first-order valence-corrected chi connectivity index (χ1v) is 14.1. The highest BCUT2D eigenvalue weighted by Crippen LogP contribution is 2.34. The fourth-order valence-electron chi connectivity index (χ4n) is 4.11. The molecular weight excluding hydrogens is 476 g/mol. The number of carbonyl (C=O) groups is 1. The third-order valence-electron chi connectivity index (χ3n) is 5.70. The van der Waals surface area contributed by atoms with Crippen LogP contribution in [0.25, 0.3) is 0 Å². The van der Waals surface area contributed by atoms with E-state index in [0.717, 1.165) is 17.7 Å². The van der Waals surface area contributed by atoms with Gasteiger partial charge < -0.3 is 5.32 Å². The second-order valence-corrected chi connectivity index (χ2v) is 12.9. The molecule has 1 aliphatic rings. The van der Waals surface area contributed by atoms with E-state index in [1.54, 1.807) is 22.5 Å². The van der Waals surface area contributed by atoms with Crippen molar-refractivity contribution < 1.29 is 13.2 Å². The van der Waals surface area contributed by atoms with Gasteiger partial charge in [0.05, 0.1) is 10.5 Å². The van der Waals surface area contributed by atoms with Crippen LogP contribution >= 0.6 is 23.4 Å². The van der Waals surface area contributed by atoms with E-state index in [-0.39, 0.29) is 10.8 Å². The van der Waals surface area contributed by atoms with Crippen LogP contribution in [-0.4, -0.2) is 38.3 Å². The summed E-state index contributed by atoms with van der Waals surface area (Å²) in [5.41, 5.74) is 0.364. The summed E-state index contributed by atoms with van der Waals surface area (Å²) >= 11 is 7.53. The monoisotopic (exact) mass is 508 g/mol. The molecule has 2 aromatic rings. The van der Waals surface area contributed by atoms with Crippen LogP contribution in [-0.2, 0) is 10.0 Å². The van der Waals surface area contributed by atoms with Crippen LogP contribution < -0.4 is 5.32 Å². The second-order valence-electron chi connectivity index (χ2n) is 9.42. The number of carbonyl (C=O) groups excluding carboxylic acids is 1. The van der Waals surface area contributed by atoms with E-state index in [1.165, 1.54) is 17.8 Å². The van der Waals surface area contributed by atoms with Crippen LogP contribution in [0, 0.1) is 17.8 Å². The van der Waals surface area contributed by atoms with Gasteiger partial charge in [-0.2, -0.15) is 4.31 Å². The van der Waals surface area contributed by atoms with Crippen LogP contribution in [0.3, 0.4) is 0 Å². The minimum atomic E-state index is -3.69. The zero-order chi connectivity index (χ0) is 24.2. The Kier molecular flexibility index (Phi) is 8.89. The fourth-order valence-corrected chi connectivity index (χ4v) is 7.06. The van der Waals surface area contributed by atoms with E-state index in [9.17, 15) is 13.2 Å². The van der Waals surface area contributed by atoms with Gasteiger partial charge in [-0.15, -0.1) is 0 Å². The summed E-state index contributed by atoms with van der Waals surface area (Å²) in [4.78, 5) is 14.8. The number of rotatable bonds is 8. The van der Waals surface area contributed by atoms with Crippen molar-refractivity contribution in [1.82, 2.24) is 9.62 Å². The first kappa shape index (κ1) is 26.1. The van der Waals surface area contributed by atoms with Gasteiger partial charge in [-0.1, -0.05) is 57.1 Å². The Morgan fingerprint density at radius 3 is 2.48 bits per heavy atom. The minimum absolute atomic E-state index is 0.160. The molecule has 2 atom stereocenters. The lowest BCUT2D eigenvalue weighted by Gasteiger charge is -2.34. The predicted molar refractivity (Wildman–Crippen MR) is 136 cm³/mol. The molecule has 3 rings (SSSR count). The van der Waals surface area contributed by atoms with Crippen molar-refractivity contribution in [3.05, 3.63) is 53.1 Å². The van der Waals surface area contributed by atoms with Crippen LogP contribution in [0.15, 0.2) is 57.2 Å². The molecule has 0 saturated carbocycles. The summed E-state index contributed by atoms with van der Waals surface area (Å²) in [6.45, 7) is 9.90. The maximum atomic E-state index is 13.4. The van der Waals surface area contributed by atoms with Gasteiger partial charge in [0.15, 0.2) is 0 Å². The van der Waals surface area contributed by atoms with Crippen LogP contribution in [0.1, 0.15) is 50.9 Å². The molecular formula is C25H33ClN2O3S2. The number of amides is 1. The lowest BCUT2D eigenvalue weighted by molar-refractivity contribution is 0.0949. The van der Waals surface area contributed by atoms with E-state index in [0.29, 0.717) is 52.9 Å². The number of hydrogen-bond acceptors (Lipinski definition) is 4. The van der Waals surface area contributed by atoms with Gasteiger partial charge in [-0.05, 0) is 67.0 Å². The van der Waals surface area contributed by atoms with Gasteiger partial charge in [0.1, 0.15) is 0 Å². The molecule has 2 aromatic carbocycles. The van der Waals surface area contributed by atoms with Crippen LogP contribution in [0.4, 0.5) is 0 Å². The van der Waals surface area contributed by atoms with E-state index in [4.69, 9.17) is 11.6 Å². The molecule has 0 spiro atoms. The lowest BCUT2D eigenvalue weighted by atomic mass is 9.94. The summed E-state index contributed by atoms with van der Waals surface area (Å²) in [6, 6.07) is 12.2. The molecule has 8 heteroatoms. The number of hydrogen-bond donors (Lipinski definition) is 1. The van der Waals surface area contributed by atoms with E-state index in [2.05, 4.69) is 33.0 Å². The molecule has 0 radical (unpaired) electrons. The zero-order valence-corrected chi connectivity index (χ0v) is 22.1. The average molecular weight is 509 g/mol. The Hall–Kier alpha value is -1.54. The topological polar surface area (TPSA) is 66.5 Å². The SMILES string of the molecule is CC(C)CCNC(=O)c1cc(S(=O)(=O)N2C[C@H](C)C[C@H](C)C2)ccc1Sc1cccc(Cl)c1. The molecule has 33 heavy (non-hydrogen) atoms. The minimum Gasteiger partial charge on any atom is -0.352 e.